The molecule has 1 aliphatic rings. The van der Waals surface area contributed by atoms with Crippen LogP contribution in [-0.2, 0) is 0 Å². The maximum atomic E-state index is 12.4. The Morgan fingerprint density at radius 2 is 2.08 bits per heavy atom. The molecule has 2 heterocycles. The van der Waals surface area contributed by atoms with Crippen molar-refractivity contribution in [3.05, 3.63) is 30.3 Å². The van der Waals surface area contributed by atoms with Gasteiger partial charge in [-0.3, -0.25) is 5.32 Å². The number of aliphatic hydroxyl groups excluding tert-OH is 1. The smallest absolute Gasteiger partial charge is 0.323 e. The van der Waals surface area contributed by atoms with E-state index in [1.54, 1.807) is 4.90 Å². The molecule has 1 aliphatic heterocycles. The lowest BCUT2D eigenvalue weighted by Crippen LogP contribution is -2.43. The molecule has 2 amide bonds. The first-order valence-corrected chi connectivity index (χ1v) is 9.08. The zero-order valence-electron chi connectivity index (χ0n) is 13.7. The van der Waals surface area contributed by atoms with Gasteiger partial charge in [-0.05, 0) is 25.2 Å². The van der Waals surface area contributed by atoms with Crippen molar-refractivity contribution in [3.63, 3.8) is 0 Å². The maximum Gasteiger partial charge on any atom is 0.323 e. The quantitative estimate of drug-likeness (QED) is 0.891. The van der Waals surface area contributed by atoms with Crippen LogP contribution >= 0.6 is 11.5 Å². The van der Waals surface area contributed by atoms with Crippen molar-refractivity contribution in [2.45, 2.75) is 32.3 Å². The second-order valence-corrected chi connectivity index (χ2v) is 6.77. The van der Waals surface area contributed by atoms with E-state index in [9.17, 15) is 9.90 Å². The van der Waals surface area contributed by atoms with Gasteiger partial charge in [0.15, 0.2) is 5.82 Å². The number of rotatable bonds is 4. The first-order chi connectivity index (χ1) is 11.7. The largest absolute Gasteiger partial charge is 0.393 e. The normalized spacial score (nSPS) is 16.8. The van der Waals surface area contributed by atoms with Gasteiger partial charge in [0.2, 0.25) is 5.13 Å². The molecule has 7 heteroatoms. The van der Waals surface area contributed by atoms with Gasteiger partial charge in [-0.25, -0.2) is 4.79 Å². The second kappa shape index (κ2) is 7.72. The summed E-state index contributed by atoms with van der Waals surface area (Å²) in [6.45, 7) is 3.32. The third kappa shape index (κ3) is 3.91. The number of carbonyl (C=O) groups is 1. The van der Waals surface area contributed by atoms with E-state index in [0.717, 1.165) is 24.8 Å². The monoisotopic (exact) mass is 346 g/mol. The second-order valence-electron chi connectivity index (χ2n) is 6.02. The molecule has 1 aromatic heterocycles. The van der Waals surface area contributed by atoms with Crippen LogP contribution in [0, 0.1) is 5.92 Å². The number of aromatic nitrogens is 2. The zero-order valence-corrected chi connectivity index (χ0v) is 14.5. The first kappa shape index (κ1) is 16.9. The van der Waals surface area contributed by atoms with E-state index >= 15 is 0 Å². The Morgan fingerprint density at radius 1 is 1.38 bits per heavy atom. The minimum atomic E-state index is -0.258. The summed E-state index contributed by atoms with van der Waals surface area (Å²) in [5.74, 6) is 0.922. The molecule has 0 aliphatic carbocycles. The summed E-state index contributed by atoms with van der Waals surface area (Å²) < 4.78 is 4.30. The number of benzene rings is 1. The van der Waals surface area contributed by atoms with Crippen molar-refractivity contribution in [1.82, 2.24) is 14.3 Å². The van der Waals surface area contributed by atoms with Crippen molar-refractivity contribution >= 4 is 22.7 Å². The van der Waals surface area contributed by atoms with Gasteiger partial charge < -0.3 is 10.0 Å². The number of likely N-dealkylation sites (tertiary alicyclic amines) is 1. The van der Waals surface area contributed by atoms with Crippen LogP contribution in [0.1, 0.15) is 26.2 Å². The predicted molar refractivity (Wildman–Crippen MR) is 95.0 cm³/mol. The molecule has 1 aromatic carbocycles. The number of aliphatic hydroxyl groups is 1. The van der Waals surface area contributed by atoms with Gasteiger partial charge in [-0.15, -0.1) is 0 Å². The average Bonchev–Trinajstić information content (AvgIpc) is 3.10. The molecule has 0 saturated carbocycles. The van der Waals surface area contributed by atoms with E-state index in [1.165, 1.54) is 11.5 Å². The van der Waals surface area contributed by atoms with E-state index in [1.807, 2.05) is 37.3 Å². The molecule has 1 saturated heterocycles. The van der Waals surface area contributed by atoms with Crippen molar-refractivity contribution in [3.8, 4) is 11.4 Å². The molecule has 2 aromatic rings. The van der Waals surface area contributed by atoms with E-state index in [0.29, 0.717) is 30.0 Å². The summed E-state index contributed by atoms with van der Waals surface area (Å²) in [5, 5.41) is 13.3. The maximum absolute atomic E-state index is 12.4. The molecule has 3 rings (SSSR count). The van der Waals surface area contributed by atoms with Gasteiger partial charge in [0.1, 0.15) is 0 Å². The Hall–Kier alpha value is -1.99. The van der Waals surface area contributed by atoms with Crippen molar-refractivity contribution in [2.24, 2.45) is 5.92 Å². The molecule has 24 heavy (non-hydrogen) atoms. The standard InChI is InChI=1S/C17H22N4O2S/c1-2-14(22)12-8-10-21(11-9-12)17(23)19-16-18-15(20-24-16)13-6-4-3-5-7-13/h3-7,12,14,22H,2,8-11H2,1H3,(H,18,19,20,23)/t14-/m1/s1. The number of anilines is 1. The molecular weight excluding hydrogens is 324 g/mol. The number of carbonyl (C=O) groups excluding carboxylic acids is 1. The van der Waals surface area contributed by atoms with Crippen LogP contribution < -0.4 is 5.32 Å². The summed E-state index contributed by atoms with van der Waals surface area (Å²) in [6, 6.07) is 9.55. The van der Waals surface area contributed by atoms with E-state index in [2.05, 4.69) is 14.7 Å². The van der Waals surface area contributed by atoms with Crippen LogP contribution in [-0.4, -0.2) is 44.6 Å². The number of nitrogens with one attached hydrogen (secondary N) is 1. The highest BCUT2D eigenvalue weighted by molar-refractivity contribution is 7.10. The van der Waals surface area contributed by atoms with Crippen molar-refractivity contribution in [1.29, 1.82) is 0 Å². The molecule has 128 valence electrons. The molecule has 0 spiro atoms. The molecule has 1 fully saturated rings. The highest BCUT2D eigenvalue weighted by Crippen LogP contribution is 2.24. The third-order valence-electron chi connectivity index (χ3n) is 4.46. The third-order valence-corrected chi connectivity index (χ3v) is 5.09. The molecule has 6 nitrogen and oxygen atoms in total. The summed E-state index contributed by atoms with van der Waals surface area (Å²) in [6.07, 6.45) is 2.19. The molecule has 2 N–H and O–H groups in total. The number of amides is 2. The number of hydrogen-bond donors (Lipinski definition) is 2. The van der Waals surface area contributed by atoms with Crippen LogP contribution in [0.3, 0.4) is 0 Å². The van der Waals surface area contributed by atoms with E-state index in [-0.39, 0.29) is 12.1 Å². The van der Waals surface area contributed by atoms with Gasteiger partial charge in [0.05, 0.1) is 6.10 Å². The van der Waals surface area contributed by atoms with Crippen LogP contribution in [0.5, 0.6) is 0 Å². The predicted octanol–water partition coefficient (Wildman–Crippen LogP) is 3.22. The Kier molecular flexibility index (Phi) is 5.42. The number of urea groups is 1. The summed E-state index contributed by atoms with van der Waals surface area (Å²) >= 11 is 1.19. The Labute approximate surface area is 145 Å². The summed E-state index contributed by atoms with van der Waals surface area (Å²) in [4.78, 5) is 18.5. The fourth-order valence-electron chi connectivity index (χ4n) is 2.97. The first-order valence-electron chi connectivity index (χ1n) is 8.30. The summed E-state index contributed by atoms with van der Waals surface area (Å²) in [7, 11) is 0. The lowest BCUT2D eigenvalue weighted by atomic mass is 9.90. The molecule has 0 unspecified atom stereocenters. The van der Waals surface area contributed by atoms with Crippen LogP contribution in [0.2, 0.25) is 0 Å². The molecule has 0 radical (unpaired) electrons. The van der Waals surface area contributed by atoms with Crippen LogP contribution in [0.4, 0.5) is 9.93 Å². The molecule has 1 atom stereocenters. The van der Waals surface area contributed by atoms with Crippen LogP contribution in [0.25, 0.3) is 11.4 Å². The van der Waals surface area contributed by atoms with Crippen molar-refractivity contribution in [2.75, 3.05) is 18.4 Å². The lowest BCUT2D eigenvalue weighted by Gasteiger charge is -2.33. The highest BCUT2D eigenvalue weighted by Gasteiger charge is 2.27. The fraction of sp³-hybridized carbons (Fsp3) is 0.471. The minimum absolute atomic E-state index is 0.143. The number of hydrogen-bond acceptors (Lipinski definition) is 5. The Balaban J connectivity index is 1.55. The topological polar surface area (TPSA) is 78.4 Å². The average molecular weight is 346 g/mol. The van der Waals surface area contributed by atoms with Gasteiger partial charge in [0, 0.05) is 30.2 Å². The van der Waals surface area contributed by atoms with E-state index in [4.69, 9.17) is 0 Å². The van der Waals surface area contributed by atoms with Crippen LogP contribution in [0.15, 0.2) is 30.3 Å². The number of piperidine rings is 1. The SMILES string of the molecule is CC[C@@H](O)C1CCN(C(=O)Nc2nc(-c3ccccc3)ns2)CC1. The van der Waals surface area contributed by atoms with Gasteiger partial charge in [0.25, 0.3) is 0 Å². The lowest BCUT2D eigenvalue weighted by molar-refractivity contribution is 0.0660. The zero-order chi connectivity index (χ0) is 16.9. The Morgan fingerprint density at radius 3 is 2.75 bits per heavy atom. The van der Waals surface area contributed by atoms with Gasteiger partial charge in [-0.1, -0.05) is 37.3 Å². The van der Waals surface area contributed by atoms with E-state index < -0.39 is 0 Å². The molecular formula is C17H22N4O2S. The van der Waals surface area contributed by atoms with Crippen molar-refractivity contribution < 1.29 is 9.90 Å². The molecule has 0 bridgehead atoms. The minimum Gasteiger partial charge on any atom is -0.393 e. The van der Waals surface area contributed by atoms with Gasteiger partial charge in [-0.2, -0.15) is 9.36 Å². The highest BCUT2D eigenvalue weighted by atomic mass is 32.1. The van der Waals surface area contributed by atoms with Gasteiger partial charge >= 0.3 is 6.03 Å². The summed E-state index contributed by atoms with van der Waals surface area (Å²) in [5.41, 5.74) is 0.934. The number of nitrogens with zero attached hydrogens (tertiary/aromatic N) is 3. The Bertz CT molecular complexity index is 668. The fourth-order valence-corrected chi connectivity index (χ4v) is 3.55.